The number of aromatic nitrogens is 4. The van der Waals surface area contributed by atoms with E-state index in [1.807, 2.05) is 24.3 Å². The third-order valence-corrected chi connectivity index (χ3v) is 11.3. The maximum Gasteiger partial charge on any atom is 0.229 e. The molecule has 2 fully saturated rings. The van der Waals surface area contributed by atoms with E-state index >= 15 is 0 Å². The molecule has 0 aliphatic carbocycles. The summed E-state index contributed by atoms with van der Waals surface area (Å²) in [4.78, 5) is 22.8. The zero-order valence-electron chi connectivity index (χ0n) is 28.0. The molecule has 0 radical (unpaired) electrons. The number of methoxy groups -OCH3 is 1. The summed E-state index contributed by atoms with van der Waals surface area (Å²) in [5, 5.41) is 18.6. The van der Waals surface area contributed by atoms with E-state index < -0.39 is 7.14 Å². The molecular weight excluding hydrogens is 710 g/mol. The first-order valence-electron chi connectivity index (χ1n) is 16.2. The Morgan fingerprint density at radius 2 is 1.94 bits per heavy atom. The topological polar surface area (TPSA) is 144 Å². The average molecular weight is 752 g/mol. The fraction of sp³-hybridized carbons (Fsp3) is 0.382. The Morgan fingerprint density at radius 3 is 2.67 bits per heavy atom. The van der Waals surface area contributed by atoms with E-state index in [4.69, 9.17) is 15.1 Å². The van der Waals surface area contributed by atoms with Crippen LogP contribution >= 0.6 is 23.1 Å². The van der Waals surface area contributed by atoms with E-state index in [1.54, 1.807) is 52.3 Å². The minimum Gasteiger partial charge on any atom is -0.494 e. The molecule has 4 heterocycles. The number of nitrogens with one attached hydrogen (secondary N) is 4. The Kier molecular flexibility index (Phi) is 10.5. The highest BCUT2D eigenvalue weighted by Gasteiger charge is 2.38. The van der Waals surface area contributed by atoms with Crippen molar-refractivity contribution in [3.63, 3.8) is 0 Å². The standard InChI is InChI=1S/C34H41BrFN10O2P/c1-38-18-22(17-37)23-15-27(30(48-2)16-28(23)46-13-8-21-7-12-45(14-9-36)29(21)20-46)43-34-41-19-24(35)33(44-34)42-26-6-5-25-31(40-11-10-39-25)32(26)49(3,4)47/h5-6,10-11,15-19,21,29,37-38H,7-9,12-14,20H2,1-4H3,(H2,41,42,43,44)/b22-18+,37-17?. The van der Waals surface area contributed by atoms with Crippen molar-refractivity contribution in [1.29, 1.82) is 5.41 Å². The second-order valence-electron chi connectivity index (χ2n) is 12.6. The van der Waals surface area contributed by atoms with Gasteiger partial charge in [0.25, 0.3) is 0 Å². The van der Waals surface area contributed by atoms with Gasteiger partial charge >= 0.3 is 0 Å². The van der Waals surface area contributed by atoms with E-state index in [9.17, 15) is 8.96 Å². The molecule has 258 valence electrons. The molecular formula is C34H41BrFN10O2P. The third-order valence-electron chi connectivity index (χ3n) is 9.17. The van der Waals surface area contributed by atoms with Gasteiger partial charge in [-0.3, -0.25) is 14.9 Å². The molecule has 0 saturated carbocycles. The zero-order valence-corrected chi connectivity index (χ0v) is 30.5. The number of hydrogen-bond acceptors (Lipinski definition) is 12. The Bertz CT molecular complexity index is 1940. The number of allylic oxidation sites excluding steroid dienone is 1. The Balaban J connectivity index is 1.36. The summed E-state index contributed by atoms with van der Waals surface area (Å²) in [5.74, 6) is 1.89. The predicted molar refractivity (Wildman–Crippen MR) is 200 cm³/mol. The Morgan fingerprint density at radius 1 is 1.14 bits per heavy atom. The lowest BCUT2D eigenvalue weighted by atomic mass is 9.91. The number of ether oxygens (including phenoxy) is 1. The van der Waals surface area contributed by atoms with E-state index in [0.717, 1.165) is 43.7 Å². The number of hydrogen-bond donors (Lipinski definition) is 4. The van der Waals surface area contributed by atoms with Gasteiger partial charge in [-0.25, -0.2) is 9.37 Å². The lowest BCUT2D eigenvalue weighted by Gasteiger charge is -2.40. The summed E-state index contributed by atoms with van der Waals surface area (Å²) in [6.45, 7) is 6.07. The smallest absolute Gasteiger partial charge is 0.229 e. The zero-order chi connectivity index (χ0) is 34.7. The lowest BCUT2D eigenvalue weighted by Crippen LogP contribution is -2.49. The van der Waals surface area contributed by atoms with Crippen LogP contribution in [0.3, 0.4) is 0 Å². The molecule has 2 aromatic carbocycles. The molecule has 2 saturated heterocycles. The van der Waals surface area contributed by atoms with Crippen molar-refractivity contribution in [2.24, 2.45) is 5.92 Å². The minimum absolute atomic E-state index is 0.282. The van der Waals surface area contributed by atoms with E-state index in [0.29, 0.717) is 67.7 Å². The van der Waals surface area contributed by atoms with Crippen LogP contribution in [0.2, 0.25) is 0 Å². The van der Waals surface area contributed by atoms with Gasteiger partial charge in [0.05, 0.1) is 33.8 Å². The highest BCUT2D eigenvalue weighted by Crippen LogP contribution is 2.43. The molecule has 12 nitrogen and oxygen atoms in total. The van der Waals surface area contributed by atoms with Crippen LogP contribution in [0.25, 0.3) is 16.6 Å². The van der Waals surface area contributed by atoms with Crippen LogP contribution in [0.15, 0.2) is 53.5 Å². The number of fused-ring (bicyclic) bond motifs is 2. The monoisotopic (exact) mass is 750 g/mol. The highest BCUT2D eigenvalue weighted by molar-refractivity contribution is 9.10. The summed E-state index contributed by atoms with van der Waals surface area (Å²) in [6, 6.07) is 7.88. The average Bonchev–Trinajstić information content (AvgIpc) is 3.49. The number of benzene rings is 2. The summed E-state index contributed by atoms with van der Waals surface area (Å²) < 4.78 is 33.4. The van der Waals surface area contributed by atoms with Gasteiger partial charge in [-0.05, 0) is 72.8 Å². The van der Waals surface area contributed by atoms with Crippen LogP contribution in [0.5, 0.6) is 5.75 Å². The molecule has 2 aliphatic rings. The van der Waals surface area contributed by atoms with Crippen molar-refractivity contribution >= 4 is 80.0 Å². The van der Waals surface area contributed by atoms with Crippen molar-refractivity contribution in [1.82, 2.24) is 30.2 Å². The van der Waals surface area contributed by atoms with Crippen molar-refractivity contribution in [2.45, 2.75) is 18.9 Å². The first-order valence-corrected chi connectivity index (χ1v) is 19.6. The summed E-state index contributed by atoms with van der Waals surface area (Å²) >= 11 is 3.56. The molecule has 4 aromatic rings. The number of alkyl halides is 1. The maximum atomic E-state index is 13.5. The van der Waals surface area contributed by atoms with Crippen LogP contribution in [0.1, 0.15) is 18.4 Å². The van der Waals surface area contributed by atoms with Gasteiger partial charge in [0.15, 0.2) is 0 Å². The number of halogens is 2. The number of likely N-dealkylation sites (tertiary alicyclic amines) is 1. The second-order valence-corrected chi connectivity index (χ2v) is 16.6. The SMILES string of the molecule is CN/C=C(\C=N)c1cc(Nc2ncc(Br)c(Nc3ccc4nccnc4c3P(C)(C)=O)n2)c(OC)cc1N1CCC2CCN(CCF)C2C1. The summed E-state index contributed by atoms with van der Waals surface area (Å²) in [6.07, 6.45) is 10.1. The first-order chi connectivity index (χ1) is 23.6. The molecule has 4 N–H and O–H groups in total. The van der Waals surface area contributed by atoms with Crippen LogP contribution in [0.4, 0.5) is 33.2 Å². The van der Waals surface area contributed by atoms with E-state index in [2.05, 4.69) is 56.6 Å². The molecule has 6 rings (SSSR count). The minimum atomic E-state index is -2.79. The quantitative estimate of drug-likeness (QED) is 0.0999. The maximum absolute atomic E-state index is 13.5. The molecule has 0 bridgehead atoms. The summed E-state index contributed by atoms with van der Waals surface area (Å²) in [7, 11) is 0.627. The van der Waals surface area contributed by atoms with Gasteiger partial charge < -0.3 is 35.6 Å². The van der Waals surface area contributed by atoms with Crippen LogP contribution in [-0.2, 0) is 4.57 Å². The largest absolute Gasteiger partial charge is 0.494 e. The third kappa shape index (κ3) is 7.27. The number of piperidine rings is 1. The molecule has 2 atom stereocenters. The highest BCUT2D eigenvalue weighted by atomic mass is 79.9. The first kappa shape index (κ1) is 34.7. The van der Waals surface area contributed by atoms with Crippen molar-refractivity contribution < 1.29 is 13.7 Å². The van der Waals surface area contributed by atoms with Gasteiger partial charge in [0.1, 0.15) is 30.9 Å². The fourth-order valence-corrected chi connectivity index (χ4v) is 8.63. The molecule has 2 unspecified atom stereocenters. The van der Waals surface area contributed by atoms with Gasteiger partial charge in [0.2, 0.25) is 5.95 Å². The van der Waals surface area contributed by atoms with Gasteiger partial charge in [-0.1, -0.05) is 0 Å². The molecule has 15 heteroatoms. The second kappa shape index (κ2) is 14.8. The number of nitrogens with zero attached hydrogens (tertiary/aromatic N) is 6. The Labute approximate surface area is 294 Å². The predicted octanol–water partition coefficient (Wildman–Crippen LogP) is 6.01. The normalized spacial score (nSPS) is 18.3. The van der Waals surface area contributed by atoms with Crippen molar-refractivity contribution in [3.8, 4) is 5.75 Å². The van der Waals surface area contributed by atoms with Gasteiger partial charge in [0, 0.05) is 86.6 Å². The van der Waals surface area contributed by atoms with Crippen molar-refractivity contribution in [2.75, 3.05) is 75.9 Å². The fourth-order valence-electron chi connectivity index (χ4n) is 6.95. The molecule has 2 aliphatic heterocycles. The molecule has 0 amide bonds. The number of anilines is 5. The van der Waals surface area contributed by atoms with Crippen LogP contribution in [-0.4, -0.2) is 97.4 Å². The lowest BCUT2D eigenvalue weighted by molar-refractivity contribution is 0.194. The molecule has 0 spiro atoms. The van der Waals surface area contributed by atoms with E-state index in [-0.39, 0.29) is 12.7 Å². The van der Waals surface area contributed by atoms with Crippen LogP contribution < -0.4 is 30.9 Å². The van der Waals surface area contributed by atoms with Crippen molar-refractivity contribution in [3.05, 3.63) is 59.1 Å². The summed E-state index contributed by atoms with van der Waals surface area (Å²) in [5.41, 5.74) is 4.91. The Hall–Kier alpha value is -4.13. The number of rotatable bonds is 12. The molecule has 49 heavy (non-hydrogen) atoms. The van der Waals surface area contributed by atoms with Crippen LogP contribution in [0, 0.1) is 11.3 Å². The van der Waals surface area contributed by atoms with Gasteiger partial charge in [-0.2, -0.15) is 4.98 Å². The van der Waals surface area contributed by atoms with E-state index in [1.165, 1.54) is 6.21 Å². The van der Waals surface area contributed by atoms with Gasteiger partial charge in [-0.15, -0.1) is 0 Å². The molecule has 2 aromatic heterocycles.